The summed E-state index contributed by atoms with van der Waals surface area (Å²) in [4.78, 5) is 12.0. The van der Waals surface area contributed by atoms with Gasteiger partial charge in [0.1, 0.15) is 12.4 Å². The highest BCUT2D eigenvalue weighted by Crippen LogP contribution is 2.60. The van der Waals surface area contributed by atoms with Crippen LogP contribution in [0.1, 0.15) is 19.4 Å². The van der Waals surface area contributed by atoms with Crippen LogP contribution in [0.5, 0.6) is 0 Å². The molecular formula is C16H14ClF5O2. The van der Waals surface area contributed by atoms with Gasteiger partial charge in [0.25, 0.3) is 0 Å². The number of rotatable bonds is 4. The van der Waals surface area contributed by atoms with Crippen LogP contribution in [-0.4, -0.2) is 12.1 Å². The second kappa shape index (κ2) is 6.35. The van der Waals surface area contributed by atoms with Crippen LogP contribution in [0.2, 0.25) is 5.02 Å². The quantitative estimate of drug-likeness (QED) is 0.538. The zero-order chi connectivity index (χ0) is 18.3. The molecule has 24 heavy (non-hydrogen) atoms. The summed E-state index contributed by atoms with van der Waals surface area (Å²) in [6, 6.07) is 3.53. The minimum absolute atomic E-state index is 0.0671. The molecule has 1 aromatic carbocycles. The first-order valence-electron chi connectivity index (χ1n) is 6.99. The van der Waals surface area contributed by atoms with E-state index in [9.17, 15) is 26.7 Å². The Kier molecular flexibility index (Phi) is 4.95. The van der Waals surface area contributed by atoms with Gasteiger partial charge in [0.2, 0.25) is 0 Å². The summed E-state index contributed by atoms with van der Waals surface area (Å²) in [5, 5.41) is 0.0671. The molecule has 2 rings (SSSR count). The van der Waals surface area contributed by atoms with E-state index in [0.29, 0.717) is 11.6 Å². The van der Waals surface area contributed by atoms with Crippen molar-refractivity contribution in [2.45, 2.75) is 26.6 Å². The minimum Gasteiger partial charge on any atom is -0.461 e. The van der Waals surface area contributed by atoms with Gasteiger partial charge in [0, 0.05) is 5.56 Å². The number of carbonyl (C=O) groups excluding carboxylic acids is 1. The first kappa shape index (κ1) is 18.7. The van der Waals surface area contributed by atoms with Gasteiger partial charge in [-0.15, -0.1) is 0 Å². The number of ether oxygens (including phenoxy) is 1. The maximum absolute atomic E-state index is 13.1. The maximum Gasteiger partial charge on any atom is 0.442 e. The third-order valence-corrected chi connectivity index (χ3v) is 4.50. The molecule has 1 aliphatic carbocycles. The van der Waals surface area contributed by atoms with Crippen molar-refractivity contribution in [3.63, 3.8) is 0 Å². The fourth-order valence-corrected chi connectivity index (χ4v) is 2.79. The van der Waals surface area contributed by atoms with Crippen LogP contribution in [0.4, 0.5) is 22.0 Å². The van der Waals surface area contributed by atoms with Gasteiger partial charge in [-0.05, 0) is 29.5 Å². The predicted molar refractivity (Wildman–Crippen MR) is 77.2 cm³/mol. The Morgan fingerprint density at radius 3 is 2.54 bits per heavy atom. The van der Waals surface area contributed by atoms with E-state index in [0.717, 1.165) is 12.1 Å². The van der Waals surface area contributed by atoms with Gasteiger partial charge in [0.05, 0.1) is 10.9 Å². The van der Waals surface area contributed by atoms with Crippen molar-refractivity contribution in [1.29, 1.82) is 0 Å². The maximum atomic E-state index is 13.1. The van der Waals surface area contributed by atoms with Crippen LogP contribution < -0.4 is 0 Å². The Morgan fingerprint density at radius 2 is 2.00 bits per heavy atom. The molecule has 0 radical (unpaired) electrons. The van der Waals surface area contributed by atoms with Gasteiger partial charge in [0.15, 0.2) is 5.83 Å². The van der Waals surface area contributed by atoms with Crippen molar-refractivity contribution in [3.05, 3.63) is 46.5 Å². The molecule has 0 heterocycles. The molecule has 1 fully saturated rings. The Morgan fingerprint density at radius 1 is 1.38 bits per heavy atom. The average molecular weight is 369 g/mol. The van der Waals surface area contributed by atoms with Crippen LogP contribution in [0, 0.1) is 23.1 Å². The number of allylic oxidation sites excluding steroid dienone is 2. The Balaban J connectivity index is 2.02. The van der Waals surface area contributed by atoms with E-state index in [1.807, 2.05) is 0 Å². The lowest BCUT2D eigenvalue weighted by atomic mass is 10.1. The molecule has 0 aromatic heterocycles. The first-order valence-corrected chi connectivity index (χ1v) is 7.37. The first-order chi connectivity index (χ1) is 10.9. The summed E-state index contributed by atoms with van der Waals surface area (Å²) in [6.07, 6.45) is -4.66. The molecule has 0 N–H and O–H groups in total. The molecular weight excluding hydrogens is 355 g/mol. The van der Waals surface area contributed by atoms with Crippen molar-refractivity contribution in [3.8, 4) is 0 Å². The van der Waals surface area contributed by atoms with Crippen molar-refractivity contribution >= 4 is 17.6 Å². The zero-order valence-electron chi connectivity index (χ0n) is 12.8. The van der Waals surface area contributed by atoms with Crippen LogP contribution in [0.15, 0.2) is 30.1 Å². The zero-order valence-corrected chi connectivity index (χ0v) is 13.5. The van der Waals surface area contributed by atoms with Gasteiger partial charge in [-0.2, -0.15) is 13.2 Å². The SMILES string of the molecule is CC1(C)[C@H](C(=O)OCc2ccc(F)cc2Cl)[C@@H]1C=C(F)C(F)(F)F. The van der Waals surface area contributed by atoms with Crippen LogP contribution in [0.3, 0.4) is 0 Å². The standard InChI is InChI=1S/C16H14ClF5O2/c1-15(2)10(6-12(19)16(20,21)22)13(15)14(23)24-7-8-3-4-9(18)5-11(8)17/h3-6,10,13H,7H2,1-2H3/t10-,13-/m0/s1. The fraction of sp³-hybridized carbons (Fsp3) is 0.438. The summed E-state index contributed by atoms with van der Waals surface area (Å²) in [5.74, 6) is -5.32. The van der Waals surface area contributed by atoms with Crippen molar-refractivity contribution in [2.75, 3.05) is 0 Å². The molecule has 1 aliphatic rings. The lowest BCUT2D eigenvalue weighted by molar-refractivity contribution is -0.147. The van der Waals surface area contributed by atoms with E-state index in [2.05, 4.69) is 0 Å². The number of carbonyl (C=O) groups is 1. The molecule has 2 nitrogen and oxygen atoms in total. The van der Waals surface area contributed by atoms with Crippen LogP contribution in [0.25, 0.3) is 0 Å². The second-order valence-corrected chi connectivity index (χ2v) is 6.59. The van der Waals surface area contributed by atoms with E-state index in [1.165, 1.54) is 6.07 Å². The van der Waals surface area contributed by atoms with E-state index >= 15 is 0 Å². The molecule has 2 atom stereocenters. The summed E-state index contributed by atoms with van der Waals surface area (Å²) in [7, 11) is 0. The summed E-state index contributed by atoms with van der Waals surface area (Å²) < 4.78 is 67.8. The van der Waals surface area contributed by atoms with Gasteiger partial charge in [-0.3, -0.25) is 4.79 Å². The van der Waals surface area contributed by atoms with E-state index in [4.69, 9.17) is 16.3 Å². The highest BCUT2D eigenvalue weighted by atomic mass is 35.5. The molecule has 0 spiro atoms. The number of halogens is 6. The number of alkyl halides is 3. The monoisotopic (exact) mass is 368 g/mol. The topological polar surface area (TPSA) is 26.3 Å². The molecule has 1 aromatic rings. The fourth-order valence-electron chi connectivity index (χ4n) is 2.57. The molecule has 0 bridgehead atoms. The van der Waals surface area contributed by atoms with E-state index in [1.54, 1.807) is 13.8 Å². The number of hydrogen-bond acceptors (Lipinski definition) is 2. The van der Waals surface area contributed by atoms with Crippen LogP contribution in [-0.2, 0) is 16.1 Å². The van der Waals surface area contributed by atoms with Crippen LogP contribution >= 0.6 is 11.6 Å². The van der Waals surface area contributed by atoms with Crippen molar-refractivity contribution in [2.24, 2.45) is 17.3 Å². The Bertz CT molecular complexity index is 682. The average Bonchev–Trinajstić information content (AvgIpc) is 2.97. The van der Waals surface area contributed by atoms with E-state index < -0.39 is 41.0 Å². The largest absolute Gasteiger partial charge is 0.461 e. The Hall–Kier alpha value is -1.63. The third kappa shape index (κ3) is 3.88. The van der Waals surface area contributed by atoms with Crippen molar-refractivity contribution in [1.82, 2.24) is 0 Å². The Labute approximate surface area is 140 Å². The summed E-state index contributed by atoms with van der Waals surface area (Å²) in [5.41, 5.74) is -0.481. The molecule has 8 heteroatoms. The number of esters is 1. The van der Waals surface area contributed by atoms with Gasteiger partial charge < -0.3 is 4.74 Å². The summed E-state index contributed by atoms with van der Waals surface area (Å²) >= 11 is 5.80. The number of benzene rings is 1. The number of hydrogen-bond donors (Lipinski definition) is 0. The normalized spacial score (nSPS) is 23.1. The highest BCUT2D eigenvalue weighted by Gasteiger charge is 2.62. The molecule has 0 unspecified atom stereocenters. The molecule has 0 amide bonds. The molecule has 132 valence electrons. The second-order valence-electron chi connectivity index (χ2n) is 6.18. The lowest BCUT2D eigenvalue weighted by Crippen LogP contribution is -2.11. The van der Waals surface area contributed by atoms with Gasteiger partial charge in [-0.1, -0.05) is 31.5 Å². The van der Waals surface area contributed by atoms with Gasteiger partial charge >= 0.3 is 12.1 Å². The highest BCUT2D eigenvalue weighted by molar-refractivity contribution is 6.31. The molecule has 0 aliphatic heterocycles. The lowest BCUT2D eigenvalue weighted by Gasteiger charge is -2.07. The van der Waals surface area contributed by atoms with Gasteiger partial charge in [-0.25, -0.2) is 8.78 Å². The summed E-state index contributed by atoms with van der Waals surface area (Å²) in [6.45, 7) is 2.85. The predicted octanol–water partition coefficient (Wildman–Crippen LogP) is 5.21. The third-order valence-electron chi connectivity index (χ3n) is 4.15. The van der Waals surface area contributed by atoms with Crippen molar-refractivity contribution < 1.29 is 31.5 Å². The molecule has 0 saturated heterocycles. The smallest absolute Gasteiger partial charge is 0.442 e. The van der Waals surface area contributed by atoms with E-state index in [-0.39, 0.29) is 11.6 Å². The molecule has 1 saturated carbocycles. The minimum atomic E-state index is -5.07.